The Morgan fingerprint density at radius 2 is 0.613 bits per heavy atom. The van der Waals surface area contributed by atoms with Gasteiger partial charge < -0.3 is 15.3 Å². The molecule has 0 heterocycles. The normalized spacial score (nSPS) is 14.8. The first kappa shape index (κ1) is 30.8. The van der Waals surface area contributed by atoms with Crippen LogP contribution in [0.15, 0.2) is 0 Å². The highest BCUT2D eigenvalue weighted by Gasteiger charge is 2.28. The Labute approximate surface area is 194 Å². The van der Waals surface area contributed by atoms with Crippen LogP contribution in [0.3, 0.4) is 0 Å². The predicted octanol–water partition coefficient (Wildman–Crippen LogP) is 7.50. The molecule has 188 valence electrons. The lowest BCUT2D eigenvalue weighted by Crippen LogP contribution is -2.49. The van der Waals surface area contributed by atoms with Crippen LogP contribution in [-0.2, 0) is 0 Å². The minimum Gasteiger partial charge on any atom is -0.378 e. The summed E-state index contributed by atoms with van der Waals surface area (Å²) in [5.41, 5.74) is 0. The molecule has 0 aromatic heterocycles. The third kappa shape index (κ3) is 18.0. The van der Waals surface area contributed by atoms with Crippen molar-refractivity contribution in [2.45, 2.75) is 174 Å². The van der Waals surface area contributed by atoms with Gasteiger partial charge in [-0.2, -0.15) is 0 Å². The standard InChI is InChI=1S/C27H57NO3/c1-4-7-10-13-16-19-22-25(29)28(26(30)23-20-17-14-11-8-5-2)27(31)24-21-18-15-12-9-6-3/h25-27,29-31H,4-24H2,1-3H3. The first-order valence-corrected chi connectivity index (χ1v) is 13.9. The zero-order chi connectivity index (χ0) is 23.2. The third-order valence-corrected chi connectivity index (χ3v) is 6.48. The fourth-order valence-electron chi connectivity index (χ4n) is 4.36. The maximum Gasteiger partial charge on any atom is 0.111 e. The van der Waals surface area contributed by atoms with E-state index >= 15 is 0 Å². The smallest absolute Gasteiger partial charge is 0.111 e. The molecular weight excluding hydrogens is 386 g/mol. The fourth-order valence-corrected chi connectivity index (χ4v) is 4.36. The van der Waals surface area contributed by atoms with E-state index in [0.29, 0.717) is 19.3 Å². The van der Waals surface area contributed by atoms with Crippen molar-refractivity contribution in [2.75, 3.05) is 0 Å². The summed E-state index contributed by atoms with van der Waals surface area (Å²) in [4.78, 5) is 1.60. The molecular formula is C27H57NO3. The van der Waals surface area contributed by atoms with Crippen LogP contribution in [0.4, 0.5) is 0 Å². The largest absolute Gasteiger partial charge is 0.378 e. The number of nitrogens with zero attached hydrogens (tertiary/aromatic N) is 1. The SMILES string of the molecule is CCCCCCCCC(O)N(C(O)CCCCCCCC)C(O)CCCCCCCC. The van der Waals surface area contributed by atoms with Crippen molar-refractivity contribution in [1.29, 1.82) is 0 Å². The van der Waals surface area contributed by atoms with Crippen molar-refractivity contribution in [3.8, 4) is 0 Å². The van der Waals surface area contributed by atoms with Crippen LogP contribution in [0.1, 0.15) is 156 Å². The predicted molar refractivity (Wildman–Crippen MR) is 134 cm³/mol. The van der Waals surface area contributed by atoms with Gasteiger partial charge in [0.25, 0.3) is 0 Å². The highest BCUT2D eigenvalue weighted by Crippen LogP contribution is 2.21. The van der Waals surface area contributed by atoms with Gasteiger partial charge in [0.2, 0.25) is 0 Å². The second kappa shape index (κ2) is 23.0. The van der Waals surface area contributed by atoms with Crippen LogP contribution < -0.4 is 0 Å². The van der Waals surface area contributed by atoms with Crippen molar-refractivity contribution in [1.82, 2.24) is 4.90 Å². The summed E-state index contributed by atoms with van der Waals surface area (Å²) < 4.78 is 0. The molecule has 4 heteroatoms. The van der Waals surface area contributed by atoms with Crippen molar-refractivity contribution in [2.24, 2.45) is 0 Å². The first-order valence-electron chi connectivity index (χ1n) is 13.9. The van der Waals surface area contributed by atoms with Gasteiger partial charge in [-0.25, -0.2) is 4.90 Å². The number of hydrogen-bond acceptors (Lipinski definition) is 4. The first-order chi connectivity index (χ1) is 15.1. The molecule has 3 atom stereocenters. The van der Waals surface area contributed by atoms with Gasteiger partial charge in [-0.05, 0) is 38.5 Å². The van der Waals surface area contributed by atoms with E-state index < -0.39 is 18.7 Å². The quantitative estimate of drug-likeness (QED) is 0.107. The highest BCUT2D eigenvalue weighted by atomic mass is 16.4. The van der Waals surface area contributed by atoms with Gasteiger partial charge in [-0.15, -0.1) is 0 Å². The van der Waals surface area contributed by atoms with Gasteiger partial charge in [-0.3, -0.25) is 0 Å². The van der Waals surface area contributed by atoms with E-state index in [9.17, 15) is 15.3 Å². The van der Waals surface area contributed by atoms with E-state index in [1.54, 1.807) is 4.90 Å². The molecule has 0 spiro atoms. The lowest BCUT2D eigenvalue weighted by molar-refractivity contribution is -0.185. The van der Waals surface area contributed by atoms with Crippen LogP contribution in [0, 0.1) is 0 Å². The molecule has 0 aliphatic rings. The second-order valence-corrected chi connectivity index (χ2v) is 9.56. The summed E-state index contributed by atoms with van der Waals surface area (Å²) in [5, 5.41) is 32.4. The molecule has 0 saturated carbocycles. The van der Waals surface area contributed by atoms with Gasteiger partial charge in [0.15, 0.2) is 0 Å². The lowest BCUT2D eigenvalue weighted by atomic mass is 10.1. The van der Waals surface area contributed by atoms with Crippen molar-refractivity contribution in [3.05, 3.63) is 0 Å². The third-order valence-electron chi connectivity index (χ3n) is 6.48. The van der Waals surface area contributed by atoms with E-state index in [0.717, 1.165) is 38.5 Å². The molecule has 0 saturated heterocycles. The maximum atomic E-state index is 10.8. The van der Waals surface area contributed by atoms with Crippen LogP contribution in [0.25, 0.3) is 0 Å². The van der Waals surface area contributed by atoms with E-state index in [-0.39, 0.29) is 0 Å². The van der Waals surface area contributed by atoms with Crippen molar-refractivity contribution in [3.63, 3.8) is 0 Å². The average molecular weight is 444 g/mol. The molecule has 0 fully saturated rings. The minimum atomic E-state index is -0.753. The van der Waals surface area contributed by atoms with Crippen molar-refractivity contribution >= 4 is 0 Å². The summed E-state index contributed by atoms with van der Waals surface area (Å²) in [7, 11) is 0. The van der Waals surface area contributed by atoms with E-state index in [2.05, 4.69) is 20.8 Å². The zero-order valence-electron chi connectivity index (χ0n) is 21.4. The second-order valence-electron chi connectivity index (χ2n) is 9.56. The molecule has 0 aromatic rings. The van der Waals surface area contributed by atoms with E-state index in [4.69, 9.17) is 0 Å². The summed E-state index contributed by atoms with van der Waals surface area (Å²) in [6.07, 6.45) is 20.8. The number of unbranched alkanes of at least 4 members (excludes halogenated alkanes) is 15. The van der Waals surface area contributed by atoms with Gasteiger partial charge >= 0.3 is 0 Å². The van der Waals surface area contributed by atoms with Gasteiger partial charge in [0.1, 0.15) is 18.7 Å². The Hall–Kier alpha value is -0.160. The molecule has 0 radical (unpaired) electrons. The number of hydrogen-bond donors (Lipinski definition) is 3. The number of aliphatic hydroxyl groups is 3. The van der Waals surface area contributed by atoms with Gasteiger partial charge in [0.05, 0.1) is 0 Å². The average Bonchev–Trinajstić information content (AvgIpc) is 2.75. The molecule has 4 nitrogen and oxygen atoms in total. The fraction of sp³-hybridized carbons (Fsp3) is 1.00. The Morgan fingerprint density at radius 3 is 0.871 bits per heavy atom. The lowest BCUT2D eigenvalue weighted by Gasteiger charge is -2.36. The molecule has 0 rings (SSSR count). The maximum absolute atomic E-state index is 10.8. The number of aliphatic hydroxyl groups excluding tert-OH is 3. The van der Waals surface area contributed by atoms with Crippen LogP contribution in [-0.4, -0.2) is 38.9 Å². The molecule has 0 aliphatic heterocycles. The van der Waals surface area contributed by atoms with Crippen LogP contribution in [0.2, 0.25) is 0 Å². The van der Waals surface area contributed by atoms with E-state index in [1.165, 1.54) is 77.0 Å². The van der Waals surface area contributed by atoms with E-state index in [1.807, 2.05) is 0 Å². The Morgan fingerprint density at radius 1 is 0.387 bits per heavy atom. The minimum absolute atomic E-state index is 0.632. The molecule has 3 unspecified atom stereocenters. The molecule has 31 heavy (non-hydrogen) atoms. The summed E-state index contributed by atoms with van der Waals surface area (Å²) in [5.74, 6) is 0. The zero-order valence-corrected chi connectivity index (χ0v) is 21.4. The Balaban J connectivity index is 4.46. The summed E-state index contributed by atoms with van der Waals surface area (Å²) in [6.45, 7) is 6.66. The highest BCUT2D eigenvalue weighted by molar-refractivity contribution is 4.70. The van der Waals surface area contributed by atoms with Crippen LogP contribution in [0.5, 0.6) is 0 Å². The molecule has 0 aromatic carbocycles. The Kier molecular flexibility index (Phi) is 22.9. The number of rotatable bonds is 24. The van der Waals surface area contributed by atoms with Crippen LogP contribution >= 0.6 is 0 Å². The van der Waals surface area contributed by atoms with Gasteiger partial charge in [-0.1, -0.05) is 117 Å². The summed E-state index contributed by atoms with van der Waals surface area (Å²) >= 11 is 0. The molecule has 0 amide bonds. The van der Waals surface area contributed by atoms with Crippen molar-refractivity contribution < 1.29 is 15.3 Å². The Bertz CT molecular complexity index is 301. The molecule has 0 aliphatic carbocycles. The topological polar surface area (TPSA) is 63.9 Å². The van der Waals surface area contributed by atoms with Gasteiger partial charge in [0, 0.05) is 0 Å². The summed E-state index contributed by atoms with van der Waals surface area (Å²) in [6, 6.07) is 0. The monoisotopic (exact) mass is 443 g/mol. The molecule has 0 bridgehead atoms. The molecule has 3 N–H and O–H groups in total.